The smallest absolute Gasteiger partial charge is 0.237 e. The number of carbonyl (C=O) groups excluding carboxylic acids is 1. The highest BCUT2D eigenvalue weighted by Gasteiger charge is 2.52. The molecule has 1 heterocycles. The Labute approximate surface area is 124 Å². The summed E-state index contributed by atoms with van der Waals surface area (Å²) >= 11 is 0. The fourth-order valence-electron chi connectivity index (χ4n) is 3.56. The quantitative estimate of drug-likeness (QED) is 0.834. The Balaban J connectivity index is 1.66. The number of hydrogen-bond acceptors (Lipinski definition) is 4. The normalized spacial score (nSPS) is 25.0. The Morgan fingerprint density at radius 3 is 2.57 bits per heavy atom. The zero-order valence-corrected chi connectivity index (χ0v) is 12.3. The Bertz CT molecular complexity index is 551. The van der Waals surface area contributed by atoms with E-state index in [4.69, 9.17) is 0 Å². The lowest BCUT2D eigenvalue weighted by atomic mass is 9.82. The fourth-order valence-corrected chi connectivity index (χ4v) is 3.56. The van der Waals surface area contributed by atoms with E-state index in [1.807, 2.05) is 0 Å². The van der Waals surface area contributed by atoms with Crippen molar-refractivity contribution in [3.63, 3.8) is 0 Å². The van der Waals surface area contributed by atoms with Gasteiger partial charge >= 0.3 is 0 Å². The summed E-state index contributed by atoms with van der Waals surface area (Å²) in [4.78, 5) is 15.5. The van der Waals surface area contributed by atoms with E-state index in [1.165, 1.54) is 12.8 Å². The molecule has 0 aromatic carbocycles. The van der Waals surface area contributed by atoms with Gasteiger partial charge in [0.05, 0.1) is 0 Å². The van der Waals surface area contributed by atoms with Crippen molar-refractivity contribution in [1.82, 2.24) is 25.5 Å². The van der Waals surface area contributed by atoms with Crippen molar-refractivity contribution in [2.45, 2.75) is 62.9 Å². The topological polar surface area (TPSA) is 74.8 Å². The monoisotopic (exact) mass is 287 g/mol. The number of amides is 1. The molecule has 1 aromatic rings. The van der Waals surface area contributed by atoms with Gasteiger partial charge in [-0.2, -0.15) is 5.21 Å². The first-order chi connectivity index (χ1) is 10.2. The van der Waals surface area contributed by atoms with Crippen molar-refractivity contribution < 1.29 is 4.79 Å². The van der Waals surface area contributed by atoms with Gasteiger partial charge in [-0.3, -0.25) is 4.79 Å². The molecule has 112 valence electrons. The molecule has 1 aromatic heterocycles. The van der Waals surface area contributed by atoms with E-state index >= 15 is 0 Å². The number of H-pyrrole nitrogens is 1. The summed E-state index contributed by atoms with van der Waals surface area (Å²) in [6.45, 7) is 2.21. The molecule has 0 saturated heterocycles. The molecular formula is C15H21N5O. The van der Waals surface area contributed by atoms with Crippen molar-refractivity contribution in [1.29, 1.82) is 0 Å². The molecule has 3 aliphatic carbocycles. The second-order valence-corrected chi connectivity index (χ2v) is 6.72. The summed E-state index contributed by atoms with van der Waals surface area (Å²) in [6.07, 6.45) is 10.3. The molecule has 0 aliphatic heterocycles. The molecule has 6 nitrogen and oxygen atoms in total. The van der Waals surface area contributed by atoms with Crippen LogP contribution >= 0.6 is 0 Å². The lowest BCUT2D eigenvalue weighted by Crippen LogP contribution is -2.51. The van der Waals surface area contributed by atoms with Gasteiger partial charge in [0, 0.05) is 12.1 Å². The molecule has 4 rings (SSSR count). The van der Waals surface area contributed by atoms with Crippen LogP contribution in [0.4, 0.5) is 0 Å². The first kappa shape index (κ1) is 13.0. The number of hydrogen-bond donors (Lipinski definition) is 1. The summed E-state index contributed by atoms with van der Waals surface area (Å²) < 4.78 is 0. The molecule has 1 atom stereocenters. The number of aromatic amines is 1. The van der Waals surface area contributed by atoms with Crippen LogP contribution < -0.4 is 0 Å². The van der Waals surface area contributed by atoms with E-state index in [0.29, 0.717) is 36.7 Å². The minimum atomic E-state index is -0.626. The van der Waals surface area contributed by atoms with Crippen LogP contribution in [0, 0.1) is 5.92 Å². The van der Waals surface area contributed by atoms with Gasteiger partial charge in [0.15, 0.2) is 5.82 Å². The van der Waals surface area contributed by atoms with E-state index in [1.54, 1.807) is 0 Å². The van der Waals surface area contributed by atoms with Crippen LogP contribution in [0.2, 0.25) is 0 Å². The number of aromatic nitrogens is 4. The van der Waals surface area contributed by atoms with E-state index < -0.39 is 5.41 Å². The summed E-state index contributed by atoms with van der Waals surface area (Å²) in [5, 5.41) is 14.5. The molecule has 0 radical (unpaired) electrons. The Morgan fingerprint density at radius 2 is 2.05 bits per heavy atom. The van der Waals surface area contributed by atoms with Gasteiger partial charge in [-0.25, -0.2) is 0 Å². The molecule has 1 N–H and O–H groups in total. The Kier molecular flexibility index (Phi) is 2.87. The third kappa shape index (κ3) is 2.08. The molecule has 3 aliphatic rings. The van der Waals surface area contributed by atoms with Gasteiger partial charge in [0.1, 0.15) is 5.41 Å². The first-order valence-corrected chi connectivity index (χ1v) is 7.94. The van der Waals surface area contributed by atoms with Gasteiger partial charge in [-0.05, 0) is 51.4 Å². The lowest BCUT2D eigenvalue weighted by Gasteiger charge is -2.36. The largest absolute Gasteiger partial charge is 0.336 e. The average Bonchev–Trinajstić information content (AvgIpc) is 3.39. The maximum absolute atomic E-state index is 13.4. The molecule has 0 spiro atoms. The standard InChI is InChI=1S/C15H21N5O/c1-10(11-4-5-11)20(12-6-7-12)14(21)15(8-2-3-9-15)13-16-18-19-17-13/h2-3,10-12H,4-9H2,1H3,(H,16,17,18,19). The van der Waals surface area contributed by atoms with Gasteiger partial charge in [0.2, 0.25) is 5.91 Å². The third-order valence-corrected chi connectivity index (χ3v) is 5.20. The van der Waals surface area contributed by atoms with Gasteiger partial charge in [0.25, 0.3) is 0 Å². The SMILES string of the molecule is CC(C1CC1)N(C(=O)C1(c2nn[nH]n2)CC=CC1)C1CC1. The molecule has 6 heteroatoms. The highest BCUT2D eigenvalue weighted by molar-refractivity contribution is 5.89. The van der Waals surface area contributed by atoms with E-state index in [0.717, 1.165) is 12.8 Å². The van der Waals surface area contributed by atoms with Crippen molar-refractivity contribution >= 4 is 5.91 Å². The Morgan fingerprint density at radius 1 is 1.33 bits per heavy atom. The summed E-state index contributed by atoms with van der Waals surface area (Å²) in [5.74, 6) is 1.44. The molecular weight excluding hydrogens is 266 g/mol. The van der Waals surface area contributed by atoms with Gasteiger partial charge in [-0.1, -0.05) is 17.4 Å². The molecule has 0 bridgehead atoms. The van der Waals surface area contributed by atoms with Crippen LogP contribution in [0.25, 0.3) is 0 Å². The molecule has 2 saturated carbocycles. The highest BCUT2D eigenvalue weighted by Crippen LogP contribution is 2.44. The van der Waals surface area contributed by atoms with Crippen molar-refractivity contribution in [2.24, 2.45) is 5.92 Å². The Hall–Kier alpha value is -1.72. The lowest BCUT2D eigenvalue weighted by molar-refractivity contribution is -0.140. The van der Waals surface area contributed by atoms with E-state index in [9.17, 15) is 4.79 Å². The third-order valence-electron chi connectivity index (χ3n) is 5.20. The van der Waals surface area contributed by atoms with Crippen LogP contribution in [0.5, 0.6) is 0 Å². The van der Waals surface area contributed by atoms with Crippen LogP contribution in [0.3, 0.4) is 0 Å². The highest BCUT2D eigenvalue weighted by atomic mass is 16.2. The van der Waals surface area contributed by atoms with Crippen molar-refractivity contribution in [3.05, 3.63) is 18.0 Å². The maximum atomic E-state index is 13.4. The van der Waals surface area contributed by atoms with E-state index in [2.05, 4.69) is 44.6 Å². The van der Waals surface area contributed by atoms with Crippen molar-refractivity contribution in [3.8, 4) is 0 Å². The molecule has 2 fully saturated rings. The minimum Gasteiger partial charge on any atom is -0.336 e. The van der Waals surface area contributed by atoms with Gasteiger partial charge < -0.3 is 4.90 Å². The molecule has 21 heavy (non-hydrogen) atoms. The first-order valence-electron chi connectivity index (χ1n) is 7.94. The number of allylic oxidation sites excluding steroid dienone is 2. The number of nitrogens with one attached hydrogen (secondary N) is 1. The van der Waals surface area contributed by atoms with E-state index in [-0.39, 0.29) is 5.91 Å². The number of rotatable bonds is 5. The number of tetrazole rings is 1. The van der Waals surface area contributed by atoms with Crippen molar-refractivity contribution in [2.75, 3.05) is 0 Å². The minimum absolute atomic E-state index is 0.204. The summed E-state index contributed by atoms with van der Waals surface area (Å²) in [6, 6.07) is 0.770. The molecule has 1 amide bonds. The predicted molar refractivity (Wildman–Crippen MR) is 76.3 cm³/mol. The second-order valence-electron chi connectivity index (χ2n) is 6.72. The van der Waals surface area contributed by atoms with Crippen LogP contribution in [-0.4, -0.2) is 43.5 Å². The van der Waals surface area contributed by atoms with Gasteiger partial charge in [-0.15, -0.1) is 10.2 Å². The zero-order valence-electron chi connectivity index (χ0n) is 12.3. The predicted octanol–water partition coefficient (Wildman–Crippen LogP) is 1.58. The number of nitrogens with zero attached hydrogens (tertiary/aromatic N) is 4. The zero-order chi connectivity index (χ0) is 14.4. The number of carbonyl (C=O) groups is 1. The fraction of sp³-hybridized carbons (Fsp3) is 0.733. The summed E-state index contributed by atoms with van der Waals surface area (Å²) in [7, 11) is 0. The van der Waals surface area contributed by atoms with Crippen LogP contribution in [-0.2, 0) is 10.2 Å². The van der Waals surface area contributed by atoms with Crippen LogP contribution in [0.15, 0.2) is 12.2 Å². The van der Waals surface area contributed by atoms with Crippen LogP contribution in [0.1, 0.15) is 51.3 Å². The average molecular weight is 287 g/mol. The molecule has 1 unspecified atom stereocenters. The summed E-state index contributed by atoms with van der Waals surface area (Å²) in [5.41, 5.74) is -0.626. The second kappa shape index (κ2) is 4.64. The maximum Gasteiger partial charge on any atom is 0.237 e.